The van der Waals surface area contributed by atoms with E-state index >= 15 is 0 Å². The van der Waals surface area contributed by atoms with E-state index in [2.05, 4.69) is 14.9 Å². The van der Waals surface area contributed by atoms with Crippen molar-refractivity contribution in [3.8, 4) is 23.0 Å². The van der Waals surface area contributed by atoms with Crippen LogP contribution >= 0.6 is 0 Å². The molecule has 9 heteroatoms. The molecule has 4 rings (SSSR count). The summed E-state index contributed by atoms with van der Waals surface area (Å²) < 4.78 is 43.2. The van der Waals surface area contributed by atoms with Gasteiger partial charge in [0.1, 0.15) is 0 Å². The van der Waals surface area contributed by atoms with Crippen LogP contribution in [0.25, 0.3) is 11.5 Å². The van der Waals surface area contributed by atoms with Crippen LogP contribution in [0.5, 0.6) is 11.5 Å². The van der Waals surface area contributed by atoms with Crippen LogP contribution in [0.1, 0.15) is 5.89 Å². The molecule has 0 spiro atoms. The van der Waals surface area contributed by atoms with E-state index in [1.54, 1.807) is 6.07 Å². The van der Waals surface area contributed by atoms with Crippen molar-refractivity contribution in [1.29, 1.82) is 0 Å². The molecule has 0 bridgehead atoms. The Morgan fingerprint density at radius 3 is 2.65 bits per heavy atom. The fourth-order valence-electron chi connectivity index (χ4n) is 2.47. The van der Waals surface area contributed by atoms with E-state index in [9.17, 15) is 8.42 Å². The van der Waals surface area contributed by atoms with Crippen molar-refractivity contribution >= 4 is 10.0 Å². The van der Waals surface area contributed by atoms with Crippen LogP contribution in [-0.4, -0.2) is 32.0 Å². The molecule has 1 aliphatic rings. The van der Waals surface area contributed by atoms with E-state index in [1.165, 1.54) is 12.1 Å². The van der Waals surface area contributed by atoms with Crippen LogP contribution in [0.2, 0.25) is 0 Å². The Balaban J connectivity index is 1.39. The Labute approximate surface area is 149 Å². The Morgan fingerprint density at radius 2 is 1.81 bits per heavy atom. The monoisotopic (exact) mass is 373 g/mol. The minimum absolute atomic E-state index is 0.0904. The lowest BCUT2D eigenvalue weighted by Crippen LogP contribution is -2.26. The third-order valence-electron chi connectivity index (χ3n) is 3.77. The number of rotatable bonds is 6. The first kappa shape index (κ1) is 16.6. The minimum Gasteiger partial charge on any atom is -0.454 e. The zero-order chi connectivity index (χ0) is 18.0. The van der Waals surface area contributed by atoms with Gasteiger partial charge in [0.25, 0.3) is 0 Å². The predicted molar refractivity (Wildman–Crippen MR) is 91.2 cm³/mol. The van der Waals surface area contributed by atoms with Crippen LogP contribution in [0.3, 0.4) is 0 Å². The second kappa shape index (κ2) is 6.77. The fraction of sp³-hybridized carbons (Fsp3) is 0.176. The van der Waals surface area contributed by atoms with Gasteiger partial charge in [-0.05, 0) is 24.3 Å². The molecule has 0 fully saturated rings. The average Bonchev–Trinajstić information content (AvgIpc) is 3.31. The van der Waals surface area contributed by atoms with Gasteiger partial charge in [-0.1, -0.05) is 18.2 Å². The third kappa shape index (κ3) is 3.39. The number of fused-ring (bicyclic) bond motifs is 1. The fourth-order valence-corrected chi connectivity index (χ4v) is 3.52. The summed E-state index contributed by atoms with van der Waals surface area (Å²) in [6.07, 6.45) is 0.281. The molecule has 0 saturated carbocycles. The van der Waals surface area contributed by atoms with Gasteiger partial charge in [0.2, 0.25) is 28.6 Å². The van der Waals surface area contributed by atoms with Crippen LogP contribution in [-0.2, 0) is 16.4 Å². The van der Waals surface area contributed by atoms with E-state index in [4.69, 9.17) is 13.9 Å². The normalized spacial score (nSPS) is 13.1. The standard InChI is InChI=1S/C17H15N3O5S/c21-26(22,13-6-7-14-15(10-13)24-11-23-14)18-9-8-16-19-20-17(25-16)12-4-2-1-3-5-12/h1-7,10,18H,8-9,11H2. The molecular weight excluding hydrogens is 358 g/mol. The van der Waals surface area contributed by atoms with Crippen LogP contribution < -0.4 is 14.2 Å². The molecule has 8 nitrogen and oxygen atoms in total. The molecule has 1 aliphatic heterocycles. The summed E-state index contributed by atoms with van der Waals surface area (Å²) >= 11 is 0. The number of aromatic nitrogens is 2. The maximum Gasteiger partial charge on any atom is 0.247 e. The average molecular weight is 373 g/mol. The molecule has 26 heavy (non-hydrogen) atoms. The molecule has 0 aliphatic carbocycles. The van der Waals surface area contributed by atoms with Crippen molar-refractivity contribution < 1.29 is 22.3 Å². The van der Waals surface area contributed by atoms with E-state index in [1.807, 2.05) is 30.3 Å². The number of nitrogens with one attached hydrogen (secondary N) is 1. The van der Waals surface area contributed by atoms with Gasteiger partial charge < -0.3 is 13.9 Å². The van der Waals surface area contributed by atoms with Gasteiger partial charge in [-0.3, -0.25) is 0 Å². The molecule has 0 atom stereocenters. The topological polar surface area (TPSA) is 104 Å². The third-order valence-corrected chi connectivity index (χ3v) is 5.23. The number of ether oxygens (including phenoxy) is 2. The van der Waals surface area contributed by atoms with Crippen LogP contribution in [0, 0.1) is 0 Å². The lowest BCUT2D eigenvalue weighted by Gasteiger charge is -2.06. The molecule has 1 aromatic heterocycles. The Bertz CT molecular complexity index is 1020. The molecule has 3 aromatic rings. The second-order valence-electron chi connectivity index (χ2n) is 5.53. The Morgan fingerprint density at radius 1 is 1.00 bits per heavy atom. The van der Waals surface area contributed by atoms with Gasteiger partial charge in [0, 0.05) is 24.6 Å². The number of sulfonamides is 1. The lowest BCUT2D eigenvalue weighted by molar-refractivity contribution is 0.174. The highest BCUT2D eigenvalue weighted by molar-refractivity contribution is 7.89. The van der Waals surface area contributed by atoms with Crippen molar-refractivity contribution in [1.82, 2.24) is 14.9 Å². The van der Waals surface area contributed by atoms with E-state index in [-0.39, 0.29) is 24.7 Å². The first-order chi connectivity index (χ1) is 12.6. The highest BCUT2D eigenvalue weighted by Crippen LogP contribution is 2.33. The quantitative estimate of drug-likeness (QED) is 0.705. The number of nitrogens with zero attached hydrogens (tertiary/aromatic N) is 2. The number of benzene rings is 2. The molecule has 0 amide bonds. The summed E-state index contributed by atoms with van der Waals surface area (Å²) in [6.45, 7) is 0.223. The zero-order valence-electron chi connectivity index (χ0n) is 13.6. The van der Waals surface area contributed by atoms with Gasteiger partial charge in [-0.2, -0.15) is 0 Å². The highest BCUT2D eigenvalue weighted by atomic mass is 32.2. The second-order valence-corrected chi connectivity index (χ2v) is 7.30. The molecule has 2 heterocycles. The first-order valence-electron chi connectivity index (χ1n) is 7.89. The minimum atomic E-state index is -3.67. The Kier molecular flexibility index (Phi) is 4.31. The lowest BCUT2D eigenvalue weighted by atomic mass is 10.2. The number of hydrogen-bond donors (Lipinski definition) is 1. The maximum absolute atomic E-state index is 12.4. The Hall–Kier alpha value is -2.91. The van der Waals surface area contributed by atoms with Crippen LogP contribution in [0.4, 0.5) is 0 Å². The van der Waals surface area contributed by atoms with Gasteiger partial charge in [-0.15, -0.1) is 10.2 Å². The van der Waals surface area contributed by atoms with Crippen molar-refractivity contribution in [2.75, 3.05) is 13.3 Å². The molecular formula is C17H15N3O5S. The first-order valence-corrected chi connectivity index (χ1v) is 9.37. The maximum atomic E-state index is 12.4. The smallest absolute Gasteiger partial charge is 0.247 e. The van der Waals surface area contributed by atoms with Crippen molar-refractivity contribution in [3.63, 3.8) is 0 Å². The molecule has 1 N–H and O–H groups in total. The van der Waals surface area contributed by atoms with Gasteiger partial charge >= 0.3 is 0 Å². The largest absolute Gasteiger partial charge is 0.454 e. The predicted octanol–water partition coefficient (Wildman–Crippen LogP) is 1.99. The molecule has 0 radical (unpaired) electrons. The molecule has 0 unspecified atom stereocenters. The summed E-state index contributed by atoms with van der Waals surface area (Å²) in [5.74, 6) is 1.71. The van der Waals surface area contributed by atoms with Gasteiger partial charge in [-0.25, -0.2) is 13.1 Å². The summed E-state index contributed by atoms with van der Waals surface area (Å²) in [4.78, 5) is 0.109. The van der Waals surface area contributed by atoms with Crippen molar-refractivity contribution in [2.24, 2.45) is 0 Å². The van der Waals surface area contributed by atoms with E-state index in [0.29, 0.717) is 23.3 Å². The molecule has 2 aromatic carbocycles. The molecule has 0 saturated heterocycles. The molecule has 134 valence electrons. The summed E-state index contributed by atoms with van der Waals surface area (Å²) in [6, 6.07) is 13.8. The van der Waals surface area contributed by atoms with E-state index in [0.717, 1.165) is 5.56 Å². The summed E-state index contributed by atoms with van der Waals surface area (Å²) in [5.41, 5.74) is 0.812. The van der Waals surface area contributed by atoms with Gasteiger partial charge in [0.15, 0.2) is 11.5 Å². The van der Waals surface area contributed by atoms with Crippen molar-refractivity contribution in [3.05, 3.63) is 54.4 Å². The SMILES string of the molecule is O=S(=O)(NCCc1nnc(-c2ccccc2)o1)c1ccc2c(c1)OCO2. The van der Waals surface area contributed by atoms with Gasteiger partial charge in [0.05, 0.1) is 4.90 Å². The summed E-state index contributed by atoms with van der Waals surface area (Å²) in [5, 5.41) is 7.92. The highest BCUT2D eigenvalue weighted by Gasteiger charge is 2.20. The zero-order valence-corrected chi connectivity index (χ0v) is 14.4. The van der Waals surface area contributed by atoms with Crippen LogP contribution in [0.15, 0.2) is 57.8 Å². The number of hydrogen-bond acceptors (Lipinski definition) is 7. The van der Waals surface area contributed by atoms with Crippen molar-refractivity contribution in [2.45, 2.75) is 11.3 Å². The van der Waals surface area contributed by atoms with E-state index < -0.39 is 10.0 Å². The summed E-state index contributed by atoms with van der Waals surface area (Å²) in [7, 11) is -3.67.